The van der Waals surface area contributed by atoms with Gasteiger partial charge in [0.25, 0.3) is 0 Å². The molecule has 0 aliphatic rings. The average Bonchev–Trinajstić information content (AvgIpc) is 3.27. The lowest BCUT2D eigenvalue weighted by Crippen LogP contribution is -2.01. The summed E-state index contributed by atoms with van der Waals surface area (Å²) in [6.07, 6.45) is 3.63. The van der Waals surface area contributed by atoms with Gasteiger partial charge in [0.05, 0.1) is 5.52 Å². The van der Waals surface area contributed by atoms with E-state index in [2.05, 4.69) is 39.6 Å². The van der Waals surface area contributed by atoms with Gasteiger partial charge in [-0.1, -0.05) is 48.5 Å². The van der Waals surface area contributed by atoms with Gasteiger partial charge in [-0.3, -0.25) is 4.98 Å². The quantitative estimate of drug-likeness (QED) is 0.348. The number of pyridine rings is 2. The van der Waals surface area contributed by atoms with Crippen molar-refractivity contribution < 1.29 is 4.42 Å². The van der Waals surface area contributed by atoms with Crippen molar-refractivity contribution in [3.05, 3.63) is 96.8 Å². The Morgan fingerprint density at radius 1 is 0.812 bits per heavy atom. The molecule has 3 heterocycles. The fourth-order valence-electron chi connectivity index (χ4n) is 4.18. The van der Waals surface area contributed by atoms with Crippen LogP contribution >= 0.6 is 0 Å². The number of hydrogen-bond acceptors (Lipinski definition) is 5. The minimum Gasteiger partial charge on any atom is -0.456 e. The van der Waals surface area contributed by atoms with Crippen LogP contribution in [0.15, 0.2) is 95.7 Å². The number of hydrogen-bond donors (Lipinski definition) is 2. The molecule has 0 radical (unpaired) electrons. The number of nitrogens with one attached hydrogen (secondary N) is 1. The number of anilines is 2. The Bertz CT molecular complexity index is 1560. The molecule has 3 aromatic carbocycles. The molecule has 5 nitrogen and oxygen atoms in total. The standard InChI is InChI=1S/C27H20N4O/c28-27-19-10-9-17(15-30-24-11-12-29-23-7-3-2-6-20(23)24)13-21(19)22(16-31-27)26-14-18-5-1-4-8-25(18)32-26/h1-14,16H,15H2,(H2,28,31)(H,29,30). The Morgan fingerprint density at radius 3 is 2.62 bits per heavy atom. The largest absolute Gasteiger partial charge is 0.456 e. The maximum atomic E-state index is 6.19. The lowest BCUT2D eigenvalue weighted by Gasteiger charge is -2.12. The molecule has 0 fully saturated rings. The summed E-state index contributed by atoms with van der Waals surface area (Å²) in [6.45, 7) is 0.672. The minimum absolute atomic E-state index is 0.513. The maximum Gasteiger partial charge on any atom is 0.137 e. The highest BCUT2D eigenvalue weighted by molar-refractivity contribution is 6.02. The molecular formula is C27H20N4O. The van der Waals surface area contributed by atoms with Gasteiger partial charge in [0, 0.05) is 46.3 Å². The molecule has 0 aliphatic heterocycles. The van der Waals surface area contributed by atoms with E-state index in [0.717, 1.165) is 55.2 Å². The normalized spacial score (nSPS) is 11.4. The molecule has 6 aromatic rings. The number of furan rings is 1. The van der Waals surface area contributed by atoms with Crippen LogP contribution in [0.2, 0.25) is 0 Å². The molecule has 3 aromatic heterocycles. The number of aromatic nitrogens is 2. The van der Waals surface area contributed by atoms with Crippen LogP contribution in [0.25, 0.3) is 44.0 Å². The van der Waals surface area contributed by atoms with Gasteiger partial charge in [0.2, 0.25) is 0 Å². The van der Waals surface area contributed by atoms with Crippen LogP contribution in [0.1, 0.15) is 5.56 Å². The van der Waals surface area contributed by atoms with Crippen molar-refractivity contribution in [2.45, 2.75) is 6.54 Å². The zero-order valence-corrected chi connectivity index (χ0v) is 17.2. The van der Waals surface area contributed by atoms with Gasteiger partial charge in [0.1, 0.15) is 17.2 Å². The summed E-state index contributed by atoms with van der Waals surface area (Å²) in [5.74, 6) is 1.30. The summed E-state index contributed by atoms with van der Waals surface area (Å²) in [4.78, 5) is 8.85. The highest BCUT2D eigenvalue weighted by atomic mass is 16.3. The van der Waals surface area contributed by atoms with Gasteiger partial charge in [-0.15, -0.1) is 0 Å². The summed E-state index contributed by atoms with van der Waals surface area (Å²) >= 11 is 0. The molecule has 6 rings (SSSR count). The Balaban J connectivity index is 1.40. The van der Waals surface area contributed by atoms with Crippen LogP contribution in [-0.4, -0.2) is 9.97 Å². The predicted molar refractivity (Wildman–Crippen MR) is 130 cm³/mol. The van der Waals surface area contributed by atoms with Gasteiger partial charge < -0.3 is 15.5 Å². The molecule has 154 valence electrons. The molecular weight excluding hydrogens is 396 g/mol. The van der Waals surface area contributed by atoms with Crippen LogP contribution < -0.4 is 11.1 Å². The van der Waals surface area contributed by atoms with Crippen molar-refractivity contribution in [2.24, 2.45) is 0 Å². The Labute approximate surface area is 184 Å². The number of benzene rings is 3. The first-order valence-corrected chi connectivity index (χ1v) is 10.5. The van der Waals surface area contributed by atoms with Gasteiger partial charge in [0.15, 0.2) is 0 Å². The summed E-state index contributed by atoms with van der Waals surface area (Å²) < 4.78 is 6.12. The second-order valence-corrected chi connectivity index (χ2v) is 7.81. The van der Waals surface area contributed by atoms with Crippen LogP contribution in [0.5, 0.6) is 0 Å². The first-order valence-electron chi connectivity index (χ1n) is 10.5. The highest BCUT2D eigenvalue weighted by Gasteiger charge is 2.13. The molecule has 0 amide bonds. The third-order valence-corrected chi connectivity index (χ3v) is 5.81. The number of nitrogens with zero attached hydrogens (tertiary/aromatic N) is 2. The van der Waals surface area contributed by atoms with E-state index in [4.69, 9.17) is 10.2 Å². The monoisotopic (exact) mass is 416 g/mol. The smallest absolute Gasteiger partial charge is 0.137 e. The van der Waals surface area contributed by atoms with Crippen molar-refractivity contribution in [1.82, 2.24) is 9.97 Å². The molecule has 0 saturated heterocycles. The third-order valence-electron chi connectivity index (χ3n) is 5.81. The molecule has 0 spiro atoms. The lowest BCUT2D eigenvalue weighted by molar-refractivity contribution is 0.632. The van der Waals surface area contributed by atoms with E-state index in [1.54, 1.807) is 6.20 Å². The molecule has 32 heavy (non-hydrogen) atoms. The second kappa shape index (κ2) is 7.39. The summed E-state index contributed by atoms with van der Waals surface area (Å²) in [5, 5.41) is 7.66. The maximum absolute atomic E-state index is 6.19. The van der Waals surface area contributed by atoms with E-state index in [0.29, 0.717) is 12.4 Å². The summed E-state index contributed by atoms with van der Waals surface area (Å²) in [6, 6.07) is 26.5. The molecule has 0 bridgehead atoms. The average molecular weight is 416 g/mol. The predicted octanol–water partition coefficient (Wildman–Crippen LogP) is 6.39. The Kier molecular flexibility index (Phi) is 4.25. The number of fused-ring (bicyclic) bond motifs is 3. The molecule has 0 atom stereocenters. The first-order chi connectivity index (χ1) is 15.8. The highest BCUT2D eigenvalue weighted by Crippen LogP contribution is 2.35. The van der Waals surface area contributed by atoms with Crippen LogP contribution in [0.3, 0.4) is 0 Å². The van der Waals surface area contributed by atoms with Crippen molar-refractivity contribution in [2.75, 3.05) is 11.1 Å². The van der Waals surface area contributed by atoms with Crippen LogP contribution in [0.4, 0.5) is 11.5 Å². The number of para-hydroxylation sites is 2. The summed E-state index contributed by atoms with van der Waals surface area (Å²) in [5.41, 5.74) is 11.2. The number of nitrogen functional groups attached to an aromatic ring is 1. The molecule has 0 aliphatic carbocycles. The minimum atomic E-state index is 0.513. The van der Waals surface area contributed by atoms with Gasteiger partial charge in [-0.05, 0) is 41.3 Å². The first kappa shape index (κ1) is 18.4. The Morgan fingerprint density at radius 2 is 1.69 bits per heavy atom. The van der Waals surface area contributed by atoms with Gasteiger partial charge in [-0.2, -0.15) is 0 Å². The van der Waals surface area contributed by atoms with Crippen molar-refractivity contribution in [1.29, 1.82) is 0 Å². The third kappa shape index (κ3) is 3.11. The lowest BCUT2D eigenvalue weighted by atomic mass is 10.0. The molecule has 0 unspecified atom stereocenters. The van der Waals surface area contributed by atoms with Crippen LogP contribution in [0, 0.1) is 0 Å². The van der Waals surface area contributed by atoms with Crippen molar-refractivity contribution >= 4 is 44.1 Å². The van der Waals surface area contributed by atoms with Gasteiger partial charge >= 0.3 is 0 Å². The van der Waals surface area contributed by atoms with Crippen LogP contribution in [-0.2, 0) is 6.54 Å². The van der Waals surface area contributed by atoms with E-state index >= 15 is 0 Å². The van der Waals surface area contributed by atoms with E-state index in [9.17, 15) is 0 Å². The zero-order valence-electron chi connectivity index (χ0n) is 17.2. The topological polar surface area (TPSA) is 77.0 Å². The zero-order chi connectivity index (χ0) is 21.5. The van der Waals surface area contributed by atoms with Gasteiger partial charge in [-0.25, -0.2) is 4.98 Å². The molecule has 3 N–H and O–H groups in total. The van der Waals surface area contributed by atoms with Crippen molar-refractivity contribution in [3.63, 3.8) is 0 Å². The van der Waals surface area contributed by atoms with E-state index in [1.165, 1.54) is 0 Å². The Hall–Kier alpha value is -4.38. The fraction of sp³-hybridized carbons (Fsp3) is 0.0370. The molecule has 0 saturated carbocycles. The molecule has 5 heteroatoms. The number of nitrogens with two attached hydrogens (primary N) is 1. The number of rotatable bonds is 4. The summed E-state index contributed by atoms with van der Waals surface area (Å²) in [7, 11) is 0. The van der Waals surface area contributed by atoms with Crippen molar-refractivity contribution in [3.8, 4) is 11.3 Å². The van der Waals surface area contributed by atoms with E-state index in [-0.39, 0.29) is 0 Å². The SMILES string of the molecule is Nc1ncc(-c2cc3ccccc3o2)c2cc(CNc3ccnc4ccccc34)ccc12. The van der Waals surface area contributed by atoms with E-state index < -0.39 is 0 Å². The van der Waals surface area contributed by atoms with E-state index in [1.807, 2.05) is 60.8 Å². The second-order valence-electron chi connectivity index (χ2n) is 7.81. The fourth-order valence-corrected chi connectivity index (χ4v) is 4.18.